The number of carbonyl (C=O) groups is 1. The third-order valence-electron chi connectivity index (χ3n) is 2.49. The number of aromatic carboxylic acids is 1. The number of thiophene rings is 1. The van der Waals surface area contributed by atoms with Crippen LogP contribution in [0.2, 0.25) is 0 Å². The molecule has 0 aliphatic carbocycles. The first-order valence-corrected chi connectivity index (χ1v) is 7.67. The number of hydrogen-bond acceptors (Lipinski definition) is 4. The summed E-state index contributed by atoms with van der Waals surface area (Å²) in [6.07, 6.45) is 0. The number of benzene rings is 1. The normalized spacial score (nSPS) is 11.2. The number of carboxylic acid groups (broad SMARTS) is 1. The van der Waals surface area contributed by atoms with Crippen molar-refractivity contribution in [3.8, 4) is 0 Å². The average molecular weight is 297 g/mol. The molecule has 100 valence electrons. The minimum absolute atomic E-state index is 0.0392. The molecule has 0 aliphatic heterocycles. The summed E-state index contributed by atoms with van der Waals surface area (Å²) in [4.78, 5) is 11.2. The summed E-state index contributed by atoms with van der Waals surface area (Å²) < 4.78 is 26.6. The molecule has 1 aromatic heterocycles. The lowest BCUT2D eigenvalue weighted by molar-refractivity contribution is 0.0697. The number of rotatable bonds is 4. The van der Waals surface area contributed by atoms with E-state index in [1.165, 1.54) is 12.1 Å². The Morgan fingerprint density at radius 2 is 2.00 bits per heavy atom. The summed E-state index contributed by atoms with van der Waals surface area (Å²) in [7, 11) is -3.74. The molecule has 0 bridgehead atoms. The Bertz CT molecular complexity index is 705. The van der Waals surface area contributed by atoms with Crippen LogP contribution in [0, 0.1) is 6.92 Å². The van der Waals surface area contributed by atoms with Crippen LogP contribution in [-0.4, -0.2) is 19.5 Å². The number of hydrogen-bond donors (Lipinski definition) is 2. The van der Waals surface area contributed by atoms with Gasteiger partial charge in [-0.05, 0) is 30.0 Å². The highest BCUT2D eigenvalue weighted by atomic mass is 32.2. The number of nitrogens with one attached hydrogen (secondary N) is 1. The fraction of sp³-hybridized carbons (Fsp3) is 0.0833. The van der Waals surface area contributed by atoms with Crippen molar-refractivity contribution < 1.29 is 18.3 Å². The van der Waals surface area contributed by atoms with Gasteiger partial charge < -0.3 is 5.11 Å². The van der Waals surface area contributed by atoms with E-state index in [9.17, 15) is 13.2 Å². The quantitative estimate of drug-likeness (QED) is 0.908. The molecule has 0 unspecified atom stereocenters. The molecule has 2 aromatic rings. The Labute approximate surface area is 114 Å². The second-order valence-electron chi connectivity index (χ2n) is 3.84. The maximum Gasteiger partial charge on any atom is 0.338 e. The zero-order chi connectivity index (χ0) is 14.0. The van der Waals surface area contributed by atoms with Crippen LogP contribution in [0.5, 0.6) is 0 Å². The average Bonchev–Trinajstić information content (AvgIpc) is 2.81. The fourth-order valence-corrected chi connectivity index (χ4v) is 3.71. The van der Waals surface area contributed by atoms with Gasteiger partial charge in [0.05, 0.1) is 11.3 Å². The first kappa shape index (κ1) is 13.6. The molecule has 0 aliphatic rings. The molecule has 0 saturated carbocycles. The smallest absolute Gasteiger partial charge is 0.338 e. The molecule has 2 rings (SSSR count). The van der Waals surface area contributed by atoms with Gasteiger partial charge in [0, 0.05) is 0 Å². The van der Waals surface area contributed by atoms with Crippen LogP contribution in [0.4, 0.5) is 5.69 Å². The van der Waals surface area contributed by atoms with Crippen LogP contribution in [-0.2, 0) is 10.0 Å². The highest BCUT2D eigenvalue weighted by Crippen LogP contribution is 2.24. The van der Waals surface area contributed by atoms with Crippen LogP contribution in [0.3, 0.4) is 0 Å². The van der Waals surface area contributed by atoms with E-state index in [1.54, 1.807) is 30.5 Å². The van der Waals surface area contributed by atoms with Gasteiger partial charge in [-0.2, -0.15) is 0 Å². The van der Waals surface area contributed by atoms with Crippen molar-refractivity contribution in [3.63, 3.8) is 0 Å². The van der Waals surface area contributed by atoms with E-state index in [4.69, 9.17) is 5.11 Å². The first-order chi connectivity index (χ1) is 8.92. The topological polar surface area (TPSA) is 83.5 Å². The minimum atomic E-state index is -3.74. The fourth-order valence-electron chi connectivity index (χ4n) is 1.65. The Balaban J connectivity index is 2.45. The molecule has 0 amide bonds. The van der Waals surface area contributed by atoms with Gasteiger partial charge in [-0.25, -0.2) is 13.2 Å². The lowest BCUT2D eigenvalue weighted by atomic mass is 10.1. The van der Waals surface area contributed by atoms with Crippen LogP contribution in [0.25, 0.3) is 0 Å². The molecule has 2 N–H and O–H groups in total. The van der Waals surface area contributed by atoms with E-state index >= 15 is 0 Å². The zero-order valence-corrected chi connectivity index (χ0v) is 11.6. The summed E-state index contributed by atoms with van der Waals surface area (Å²) in [6.45, 7) is 1.62. The van der Waals surface area contributed by atoms with E-state index in [0.717, 1.165) is 11.3 Å². The Morgan fingerprint density at radius 3 is 2.58 bits per heavy atom. The highest BCUT2D eigenvalue weighted by molar-refractivity contribution is 7.94. The molecule has 0 spiro atoms. The third-order valence-corrected chi connectivity index (χ3v) is 5.25. The van der Waals surface area contributed by atoms with Gasteiger partial charge in [0.15, 0.2) is 0 Å². The summed E-state index contributed by atoms with van der Waals surface area (Å²) in [6, 6.07) is 7.73. The van der Waals surface area contributed by atoms with Gasteiger partial charge in [0.1, 0.15) is 4.21 Å². The number of aryl methyl sites for hydroxylation is 1. The molecule has 0 atom stereocenters. The largest absolute Gasteiger partial charge is 0.478 e. The van der Waals surface area contributed by atoms with Gasteiger partial charge in [-0.3, -0.25) is 4.72 Å². The van der Waals surface area contributed by atoms with Gasteiger partial charge in [-0.15, -0.1) is 11.3 Å². The molecule has 7 heteroatoms. The van der Waals surface area contributed by atoms with Crippen molar-refractivity contribution in [2.75, 3.05) is 4.72 Å². The van der Waals surface area contributed by atoms with Crippen molar-refractivity contribution in [1.82, 2.24) is 0 Å². The molecule has 0 radical (unpaired) electrons. The predicted octanol–water partition coefficient (Wildman–Crippen LogP) is 2.56. The molecule has 1 heterocycles. The Kier molecular flexibility index (Phi) is 3.59. The number of carboxylic acids is 1. The van der Waals surface area contributed by atoms with Crippen LogP contribution in [0.1, 0.15) is 15.9 Å². The second-order valence-corrected chi connectivity index (χ2v) is 6.70. The van der Waals surface area contributed by atoms with E-state index in [-0.39, 0.29) is 15.5 Å². The predicted molar refractivity (Wildman–Crippen MR) is 73.3 cm³/mol. The summed E-state index contributed by atoms with van der Waals surface area (Å²) >= 11 is 1.07. The molecular weight excluding hydrogens is 286 g/mol. The Hall–Kier alpha value is -1.86. The van der Waals surface area contributed by atoms with Crippen molar-refractivity contribution in [2.24, 2.45) is 0 Å². The lowest BCUT2D eigenvalue weighted by Gasteiger charge is -2.11. The highest BCUT2D eigenvalue weighted by Gasteiger charge is 2.20. The van der Waals surface area contributed by atoms with E-state index in [2.05, 4.69) is 4.72 Å². The van der Waals surface area contributed by atoms with E-state index in [0.29, 0.717) is 5.56 Å². The van der Waals surface area contributed by atoms with Crippen molar-refractivity contribution in [2.45, 2.75) is 11.1 Å². The standard InChI is InChI=1S/C12H11NO4S2/c1-8-4-2-5-9(11(8)12(14)15)13-19(16,17)10-6-3-7-18-10/h2-7,13H,1H3,(H,14,15). The number of sulfonamides is 1. The van der Waals surface area contributed by atoms with Crippen LogP contribution in [0.15, 0.2) is 39.9 Å². The Morgan fingerprint density at radius 1 is 1.26 bits per heavy atom. The van der Waals surface area contributed by atoms with Gasteiger partial charge >= 0.3 is 5.97 Å². The molecule has 19 heavy (non-hydrogen) atoms. The van der Waals surface area contributed by atoms with Crippen LogP contribution < -0.4 is 4.72 Å². The molecule has 5 nitrogen and oxygen atoms in total. The summed E-state index contributed by atoms with van der Waals surface area (Å²) in [5, 5.41) is 10.8. The third kappa shape index (κ3) is 2.77. The van der Waals surface area contributed by atoms with E-state index < -0.39 is 16.0 Å². The molecule has 0 saturated heterocycles. The van der Waals surface area contributed by atoms with Crippen molar-refractivity contribution >= 4 is 33.0 Å². The minimum Gasteiger partial charge on any atom is -0.478 e. The van der Waals surface area contributed by atoms with Crippen molar-refractivity contribution in [1.29, 1.82) is 0 Å². The molecule has 0 fully saturated rings. The van der Waals surface area contributed by atoms with Gasteiger partial charge in [-0.1, -0.05) is 18.2 Å². The van der Waals surface area contributed by atoms with Crippen LogP contribution >= 0.6 is 11.3 Å². The number of anilines is 1. The maximum absolute atomic E-state index is 12.1. The summed E-state index contributed by atoms with van der Waals surface area (Å²) in [5.74, 6) is -1.16. The van der Waals surface area contributed by atoms with Crippen molar-refractivity contribution in [3.05, 3.63) is 46.8 Å². The maximum atomic E-state index is 12.1. The molecular formula is C12H11NO4S2. The lowest BCUT2D eigenvalue weighted by Crippen LogP contribution is -2.15. The SMILES string of the molecule is Cc1cccc(NS(=O)(=O)c2cccs2)c1C(=O)O. The first-order valence-electron chi connectivity index (χ1n) is 5.31. The second kappa shape index (κ2) is 5.02. The summed E-state index contributed by atoms with van der Waals surface area (Å²) in [5.41, 5.74) is 0.530. The van der Waals surface area contributed by atoms with Gasteiger partial charge in [0.2, 0.25) is 0 Å². The van der Waals surface area contributed by atoms with Gasteiger partial charge in [0.25, 0.3) is 10.0 Å². The van der Waals surface area contributed by atoms with E-state index in [1.807, 2.05) is 0 Å². The molecule has 1 aromatic carbocycles. The monoisotopic (exact) mass is 297 g/mol. The zero-order valence-electron chi connectivity index (χ0n) is 9.95.